The molecule has 0 spiro atoms. The van der Waals surface area contributed by atoms with Crippen molar-refractivity contribution in [1.82, 2.24) is 24.3 Å². The number of nitrogens with zero attached hydrogens (tertiary/aromatic N) is 5. The van der Waals surface area contributed by atoms with E-state index in [1.165, 1.54) is 11.1 Å². The third-order valence-corrected chi connectivity index (χ3v) is 6.93. The SMILES string of the molecule is Nc1nccn2c([C@@H]3C[C@@H](F)CN3C(=O)OCc3ccccc3)nc(-c3ccc(C(=O)Nc4ccccn4)cc3)c12. The number of nitrogens with one attached hydrogen (secondary N) is 1. The summed E-state index contributed by atoms with van der Waals surface area (Å²) in [5.41, 5.74) is 9.24. The molecular formula is C30H26FN7O3. The van der Waals surface area contributed by atoms with Crippen molar-refractivity contribution in [1.29, 1.82) is 0 Å². The molecule has 10 nitrogen and oxygen atoms in total. The van der Waals surface area contributed by atoms with E-state index < -0.39 is 18.3 Å². The molecule has 3 N–H and O–H groups in total. The number of rotatable bonds is 6. The first-order valence-electron chi connectivity index (χ1n) is 13.0. The van der Waals surface area contributed by atoms with E-state index in [0.29, 0.717) is 34.0 Å². The number of alkyl halides is 1. The summed E-state index contributed by atoms with van der Waals surface area (Å²) >= 11 is 0. The molecule has 206 valence electrons. The third-order valence-electron chi connectivity index (χ3n) is 6.93. The summed E-state index contributed by atoms with van der Waals surface area (Å²) in [5, 5.41) is 2.75. The van der Waals surface area contributed by atoms with Crippen molar-refractivity contribution >= 4 is 29.2 Å². The molecule has 0 saturated carbocycles. The first kappa shape index (κ1) is 25.9. The molecule has 1 fully saturated rings. The standard InChI is InChI=1S/C30H26FN7O3/c31-22-16-23(38(17-22)30(40)41-18-19-6-2-1-3-7-19)28-36-25(26-27(32)34-14-15-37(26)28)20-9-11-21(12-10-20)29(39)35-24-8-4-5-13-33-24/h1-15,22-23H,16-18H2,(H2,32,34)(H,33,35,39)/t22-,23+/m1/s1. The van der Waals surface area contributed by atoms with Crippen molar-refractivity contribution in [3.05, 3.63) is 108 Å². The minimum atomic E-state index is -1.24. The molecule has 0 bridgehead atoms. The van der Waals surface area contributed by atoms with E-state index >= 15 is 0 Å². The number of carbonyl (C=O) groups excluding carboxylic acids is 2. The highest BCUT2D eigenvalue weighted by molar-refractivity contribution is 6.04. The van der Waals surface area contributed by atoms with Crippen LogP contribution >= 0.6 is 0 Å². The van der Waals surface area contributed by atoms with Gasteiger partial charge in [-0.2, -0.15) is 0 Å². The predicted molar refractivity (Wildman–Crippen MR) is 151 cm³/mol. The molecule has 3 aromatic heterocycles. The molecule has 11 heteroatoms. The zero-order valence-corrected chi connectivity index (χ0v) is 21.9. The molecule has 6 rings (SSSR count). The fourth-order valence-corrected chi connectivity index (χ4v) is 4.96. The maximum atomic E-state index is 14.8. The number of nitrogens with two attached hydrogens (primary N) is 1. The number of benzene rings is 2. The number of carbonyl (C=O) groups is 2. The number of anilines is 2. The maximum Gasteiger partial charge on any atom is 0.410 e. The second kappa shape index (κ2) is 11.0. The van der Waals surface area contributed by atoms with E-state index in [9.17, 15) is 14.0 Å². The van der Waals surface area contributed by atoms with Crippen LogP contribution in [0.4, 0.5) is 20.8 Å². The van der Waals surface area contributed by atoms with Crippen molar-refractivity contribution in [2.24, 2.45) is 0 Å². The Kier molecular flexibility index (Phi) is 6.99. The quantitative estimate of drug-likeness (QED) is 0.302. The number of halogens is 1. The molecule has 0 aliphatic carbocycles. The molecular weight excluding hydrogens is 525 g/mol. The van der Waals surface area contributed by atoms with Gasteiger partial charge in [-0.3, -0.25) is 14.1 Å². The van der Waals surface area contributed by atoms with Crippen LogP contribution < -0.4 is 11.1 Å². The van der Waals surface area contributed by atoms with E-state index in [0.717, 1.165) is 5.56 Å². The van der Waals surface area contributed by atoms with Gasteiger partial charge in [0.2, 0.25) is 0 Å². The van der Waals surface area contributed by atoms with Crippen molar-refractivity contribution < 1.29 is 18.7 Å². The fourth-order valence-electron chi connectivity index (χ4n) is 4.96. The van der Waals surface area contributed by atoms with Gasteiger partial charge in [-0.05, 0) is 29.8 Å². The van der Waals surface area contributed by atoms with Crippen molar-refractivity contribution in [2.75, 3.05) is 17.6 Å². The highest BCUT2D eigenvalue weighted by atomic mass is 19.1. The van der Waals surface area contributed by atoms with Gasteiger partial charge in [0, 0.05) is 36.1 Å². The van der Waals surface area contributed by atoms with Crippen LogP contribution in [0, 0.1) is 0 Å². The van der Waals surface area contributed by atoms with E-state index in [1.807, 2.05) is 30.3 Å². The number of pyridine rings is 1. The first-order valence-corrected chi connectivity index (χ1v) is 13.0. The molecule has 2 atom stereocenters. The minimum Gasteiger partial charge on any atom is -0.445 e. The Morgan fingerprint density at radius 1 is 1.00 bits per heavy atom. The predicted octanol–water partition coefficient (Wildman–Crippen LogP) is 5.05. The Morgan fingerprint density at radius 2 is 1.78 bits per heavy atom. The second-order valence-corrected chi connectivity index (χ2v) is 9.64. The normalized spacial score (nSPS) is 16.6. The molecule has 2 amide bonds. The summed E-state index contributed by atoms with van der Waals surface area (Å²) in [6, 6.07) is 20.7. The molecule has 5 aromatic rings. The molecule has 1 aliphatic rings. The number of hydrogen-bond acceptors (Lipinski definition) is 7. The minimum absolute atomic E-state index is 0.0633. The van der Waals surface area contributed by atoms with Crippen LogP contribution in [0.3, 0.4) is 0 Å². The number of nitrogen functional groups attached to an aromatic ring is 1. The van der Waals surface area contributed by atoms with Crippen molar-refractivity contribution in [3.63, 3.8) is 0 Å². The van der Waals surface area contributed by atoms with Crippen molar-refractivity contribution in [2.45, 2.75) is 25.2 Å². The highest BCUT2D eigenvalue weighted by Gasteiger charge is 2.40. The summed E-state index contributed by atoms with van der Waals surface area (Å²) in [5.74, 6) is 0.806. The summed E-state index contributed by atoms with van der Waals surface area (Å²) in [6.45, 7) is -0.0340. The second-order valence-electron chi connectivity index (χ2n) is 9.64. The van der Waals surface area contributed by atoms with E-state index in [2.05, 4.69) is 15.3 Å². The average molecular weight is 552 g/mol. The van der Waals surface area contributed by atoms with Gasteiger partial charge in [0.25, 0.3) is 5.91 Å². The van der Waals surface area contributed by atoms with Crippen LogP contribution in [0.25, 0.3) is 16.8 Å². The summed E-state index contributed by atoms with van der Waals surface area (Å²) < 4.78 is 22.0. The lowest BCUT2D eigenvalue weighted by Gasteiger charge is -2.23. The maximum absolute atomic E-state index is 14.8. The number of ether oxygens (including phenoxy) is 1. The Labute approximate surface area is 234 Å². The number of amides is 2. The number of likely N-dealkylation sites (tertiary alicyclic amines) is 1. The Balaban J connectivity index is 1.29. The highest BCUT2D eigenvalue weighted by Crippen LogP contribution is 2.37. The molecule has 1 aliphatic heterocycles. The van der Waals surface area contributed by atoms with E-state index in [1.54, 1.807) is 59.3 Å². The summed E-state index contributed by atoms with van der Waals surface area (Å²) in [4.78, 5) is 40.3. The fraction of sp³-hybridized carbons (Fsp3) is 0.167. The molecule has 2 aromatic carbocycles. The number of hydrogen-bond donors (Lipinski definition) is 2. The average Bonchev–Trinajstić information content (AvgIpc) is 3.58. The summed E-state index contributed by atoms with van der Waals surface area (Å²) in [6.07, 6.45) is 3.01. The topological polar surface area (TPSA) is 128 Å². The van der Waals surface area contributed by atoms with Gasteiger partial charge in [-0.1, -0.05) is 48.5 Å². The van der Waals surface area contributed by atoms with Gasteiger partial charge in [-0.25, -0.2) is 24.1 Å². The van der Waals surface area contributed by atoms with Gasteiger partial charge in [0.1, 0.15) is 41.4 Å². The lowest BCUT2D eigenvalue weighted by atomic mass is 10.1. The lowest BCUT2D eigenvalue weighted by molar-refractivity contribution is 0.0893. The smallest absolute Gasteiger partial charge is 0.410 e. The van der Waals surface area contributed by atoms with Crippen LogP contribution in [0.5, 0.6) is 0 Å². The van der Waals surface area contributed by atoms with Crippen LogP contribution in [-0.4, -0.2) is 49.0 Å². The zero-order valence-electron chi connectivity index (χ0n) is 21.9. The Bertz CT molecular complexity index is 1690. The Hall–Kier alpha value is -5.32. The molecule has 1 saturated heterocycles. The number of aromatic nitrogens is 4. The molecule has 0 unspecified atom stereocenters. The monoisotopic (exact) mass is 551 g/mol. The largest absolute Gasteiger partial charge is 0.445 e. The molecule has 4 heterocycles. The Morgan fingerprint density at radius 3 is 2.54 bits per heavy atom. The summed E-state index contributed by atoms with van der Waals surface area (Å²) in [7, 11) is 0. The van der Waals surface area contributed by atoms with Gasteiger partial charge in [0.05, 0.1) is 12.6 Å². The van der Waals surface area contributed by atoms with Gasteiger partial charge in [0.15, 0.2) is 0 Å². The molecule has 0 radical (unpaired) electrons. The number of imidazole rings is 1. The lowest BCUT2D eigenvalue weighted by Crippen LogP contribution is -2.32. The van der Waals surface area contributed by atoms with Gasteiger partial charge in [-0.15, -0.1) is 0 Å². The zero-order chi connectivity index (χ0) is 28.3. The van der Waals surface area contributed by atoms with Crippen LogP contribution in [0.15, 0.2) is 91.4 Å². The van der Waals surface area contributed by atoms with Crippen molar-refractivity contribution in [3.8, 4) is 11.3 Å². The van der Waals surface area contributed by atoms with Gasteiger partial charge < -0.3 is 15.8 Å². The van der Waals surface area contributed by atoms with E-state index in [4.69, 9.17) is 15.5 Å². The third kappa shape index (κ3) is 5.29. The van der Waals surface area contributed by atoms with Crippen LogP contribution in [-0.2, 0) is 11.3 Å². The van der Waals surface area contributed by atoms with Crippen LogP contribution in [0.2, 0.25) is 0 Å². The van der Waals surface area contributed by atoms with Gasteiger partial charge >= 0.3 is 6.09 Å². The first-order chi connectivity index (χ1) is 20.0. The van der Waals surface area contributed by atoms with E-state index in [-0.39, 0.29) is 31.3 Å². The molecule has 41 heavy (non-hydrogen) atoms. The number of fused-ring (bicyclic) bond motifs is 1. The van der Waals surface area contributed by atoms with Crippen LogP contribution in [0.1, 0.15) is 34.2 Å².